The van der Waals surface area contributed by atoms with Crippen molar-refractivity contribution in [3.05, 3.63) is 24.3 Å². The molecule has 0 radical (unpaired) electrons. The quantitative estimate of drug-likeness (QED) is 0.0693. The monoisotopic (exact) mass is 671 g/mol. The summed E-state index contributed by atoms with van der Waals surface area (Å²) in [6, 6.07) is 0. The van der Waals surface area contributed by atoms with Crippen LogP contribution in [0.15, 0.2) is 24.3 Å². The summed E-state index contributed by atoms with van der Waals surface area (Å²) < 4.78 is 43.6. The number of amides is 4. The van der Waals surface area contributed by atoms with Crippen molar-refractivity contribution in [3.63, 3.8) is 0 Å². The molecule has 0 saturated carbocycles. The highest BCUT2D eigenvalue weighted by molar-refractivity contribution is 6.13. The summed E-state index contributed by atoms with van der Waals surface area (Å²) in [4.78, 5) is 47.6. The van der Waals surface area contributed by atoms with Crippen molar-refractivity contribution in [1.82, 2.24) is 15.5 Å². The number of hydrogen-bond donors (Lipinski definition) is 2. The minimum atomic E-state index is -0.398. The van der Waals surface area contributed by atoms with Crippen molar-refractivity contribution in [2.24, 2.45) is 0 Å². The highest BCUT2D eigenvalue weighted by atomic mass is 16.6. The molecule has 1 unspecified atom stereocenters. The molecule has 1 heterocycles. The van der Waals surface area contributed by atoms with Crippen molar-refractivity contribution in [1.29, 1.82) is 0 Å². The maximum atomic E-state index is 11.9. The van der Waals surface area contributed by atoms with E-state index in [1.165, 1.54) is 12.2 Å². The molecule has 15 nitrogen and oxygen atoms in total. The minimum Gasteiger partial charge on any atom is -0.446 e. The van der Waals surface area contributed by atoms with Crippen LogP contribution in [0, 0.1) is 0 Å². The molecule has 0 bridgehead atoms. The summed E-state index contributed by atoms with van der Waals surface area (Å²) in [5, 5.41) is 5.40. The fraction of sp³-hybridized carbons (Fsp3) is 0.750. The topological polar surface area (TPSA) is 169 Å². The number of carbonyl (C=O) groups excluding carboxylic acids is 4. The molecule has 15 heteroatoms. The standard InChI is InChI=1S/C32H53N3O12/c36-29(10-13-35-30(37)8-9-31(35)38)33-11-14-40-16-18-42-20-22-44-24-26-46-27-25-45-23-21-43-19-17-41-15-12-34-32(39)47-28-6-4-2-1-3-5-7-28/h1-2,8-9,28H,3-7,10-27H2,(H,33,36)(H,34,39)/b2-1-. The van der Waals surface area contributed by atoms with Gasteiger partial charge in [0.1, 0.15) is 6.10 Å². The Labute approximate surface area is 277 Å². The zero-order valence-electron chi connectivity index (χ0n) is 27.5. The van der Waals surface area contributed by atoms with Crippen LogP contribution in [-0.4, -0.2) is 147 Å². The van der Waals surface area contributed by atoms with Crippen molar-refractivity contribution in [3.8, 4) is 0 Å². The van der Waals surface area contributed by atoms with Crippen LogP contribution >= 0.6 is 0 Å². The van der Waals surface area contributed by atoms with E-state index in [0.717, 1.165) is 37.0 Å². The number of nitrogens with zero attached hydrogens (tertiary/aromatic N) is 1. The lowest BCUT2D eigenvalue weighted by Gasteiger charge is -2.18. The van der Waals surface area contributed by atoms with Crippen LogP contribution in [0.3, 0.4) is 0 Å². The van der Waals surface area contributed by atoms with Crippen LogP contribution < -0.4 is 10.6 Å². The van der Waals surface area contributed by atoms with Gasteiger partial charge in [0.25, 0.3) is 11.8 Å². The van der Waals surface area contributed by atoms with E-state index < -0.39 is 11.8 Å². The number of hydrogen-bond acceptors (Lipinski definition) is 12. The fourth-order valence-electron chi connectivity index (χ4n) is 4.30. The van der Waals surface area contributed by atoms with Gasteiger partial charge in [-0.25, -0.2) is 4.79 Å². The van der Waals surface area contributed by atoms with E-state index in [0.29, 0.717) is 106 Å². The lowest BCUT2D eigenvalue weighted by molar-refractivity contribution is -0.137. The van der Waals surface area contributed by atoms with E-state index in [9.17, 15) is 19.2 Å². The van der Waals surface area contributed by atoms with Crippen LogP contribution in [0.2, 0.25) is 0 Å². The Hall–Kier alpha value is -2.92. The van der Waals surface area contributed by atoms with Gasteiger partial charge in [0, 0.05) is 38.2 Å². The molecule has 1 aliphatic heterocycles. The Bertz CT molecular complexity index is 915. The molecule has 0 aromatic rings. The Morgan fingerprint density at radius 2 is 1.06 bits per heavy atom. The van der Waals surface area contributed by atoms with Crippen LogP contribution in [0.25, 0.3) is 0 Å². The second kappa shape index (κ2) is 28.1. The highest BCUT2D eigenvalue weighted by Crippen LogP contribution is 2.15. The Kier molecular flexibility index (Phi) is 24.1. The fourth-order valence-corrected chi connectivity index (χ4v) is 4.30. The summed E-state index contributed by atoms with van der Waals surface area (Å²) in [7, 11) is 0. The molecule has 1 atom stereocenters. The average Bonchev–Trinajstić information content (AvgIpc) is 3.37. The first-order valence-electron chi connectivity index (χ1n) is 16.5. The molecule has 0 saturated heterocycles. The van der Waals surface area contributed by atoms with Gasteiger partial charge in [-0.3, -0.25) is 19.3 Å². The molecular weight excluding hydrogens is 618 g/mol. The first-order chi connectivity index (χ1) is 23.1. The predicted octanol–water partition coefficient (Wildman–Crippen LogP) is 1.15. The van der Waals surface area contributed by atoms with Crippen molar-refractivity contribution < 1.29 is 57.1 Å². The SMILES string of the molecule is O=C(CCN1C(=O)C=CC1=O)NCCOCCOCCOCCOCCOCCOCCOCCNC(=O)OC1CC/C=C\CCC1. The molecule has 2 N–H and O–H groups in total. The first kappa shape index (κ1) is 40.3. The van der Waals surface area contributed by atoms with E-state index in [1.54, 1.807) is 0 Å². The van der Waals surface area contributed by atoms with Gasteiger partial charge in [0.2, 0.25) is 5.91 Å². The van der Waals surface area contributed by atoms with Crippen LogP contribution in [0.1, 0.15) is 38.5 Å². The molecule has 1 aliphatic carbocycles. The van der Waals surface area contributed by atoms with Gasteiger partial charge in [-0.1, -0.05) is 12.2 Å². The van der Waals surface area contributed by atoms with Crippen LogP contribution in [0.5, 0.6) is 0 Å². The third-order valence-electron chi connectivity index (χ3n) is 6.77. The second-order valence-electron chi connectivity index (χ2n) is 10.5. The molecule has 2 rings (SSSR count). The number of carbonyl (C=O) groups is 4. The molecule has 0 aromatic heterocycles. The summed E-state index contributed by atoms with van der Waals surface area (Å²) >= 11 is 0. The van der Waals surface area contributed by atoms with E-state index in [1.807, 2.05) is 0 Å². The van der Waals surface area contributed by atoms with E-state index in [4.69, 9.17) is 37.9 Å². The number of ether oxygens (including phenoxy) is 8. The maximum Gasteiger partial charge on any atom is 0.407 e. The molecule has 2 aliphatic rings. The summed E-state index contributed by atoms with van der Waals surface area (Å²) in [5.74, 6) is -1.05. The molecule has 0 aromatic carbocycles. The zero-order chi connectivity index (χ0) is 33.6. The third-order valence-corrected chi connectivity index (χ3v) is 6.77. The Balaban J connectivity index is 1.20. The lowest BCUT2D eigenvalue weighted by atomic mass is 10.0. The Morgan fingerprint density at radius 3 is 1.57 bits per heavy atom. The number of allylic oxidation sites excluding steroid dienone is 2. The number of rotatable bonds is 28. The van der Waals surface area contributed by atoms with Crippen LogP contribution in [-0.2, 0) is 52.3 Å². The maximum absolute atomic E-state index is 11.9. The second-order valence-corrected chi connectivity index (χ2v) is 10.5. The van der Waals surface area contributed by atoms with E-state index in [-0.39, 0.29) is 31.1 Å². The Morgan fingerprint density at radius 1 is 0.617 bits per heavy atom. The summed E-state index contributed by atoms with van der Waals surface area (Å²) in [6.07, 6.45) is 11.2. The largest absolute Gasteiger partial charge is 0.446 e. The first-order valence-corrected chi connectivity index (χ1v) is 16.5. The third kappa shape index (κ3) is 22.3. The average molecular weight is 672 g/mol. The number of imide groups is 1. The van der Waals surface area contributed by atoms with Crippen molar-refractivity contribution >= 4 is 23.8 Å². The molecule has 4 amide bonds. The molecular formula is C32H53N3O12. The smallest absolute Gasteiger partial charge is 0.407 e. The molecule has 0 fully saturated rings. The highest BCUT2D eigenvalue weighted by Gasteiger charge is 2.23. The van der Waals surface area contributed by atoms with Crippen LogP contribution in [0.4, 0.5) is 4.79 Å². The van der Waals surface area contributed by atoms with Gasteiger partial charge >= 0.3 is 6.09 Å². The van der Waals surface area contributed by atoms with Crippen molar-refractivity contribution in [2.45, 2.75) is 44.6 Å². The number of nitrogens with one attached hydrogen (secondary N) is 2. The summed E-state index contributed by atoms with van der Waals surface area (Å²) in [5.41, 5.74) is 0. The van der Waals surface area contributed by atoms with Gasteiger partial charge in [-0.15, -0.1) is 0 Å². The predicted molar refractivity (Wildman–Crippen MR) is 170 cm³/mol. The lowest BCUT2D eigenvalue weighted by Crippen LogP contribution is -2.35. The van der Waals surface area contributed by atoms with Gasteiger partial charge in [0.05, 0.1) is 92.5 Å². The van der Waals surface area contributed by atoms with Gasteiger partial charge in [-0.05, 0) is 32.1 Å². The normalized spacial score (nSPS) is 17.0. The summed E-state index contributed by atoms with van der Waals surface area (Å²) in [6.45, 7) is 6.81. The van der Waals surface area contributed by atoms with Crippen molar-refractivity contribution in [2.75, 3.05) is 112 Å². The minimum absolute atomic E-state index is 0.0165. The van der Waals surface area contributed by atoms with E-state index in [2.05, 4.69) is 22.8 Å². The molecule has 0 spiro atoms. The molecule has 268 valence electrons. The van der Waals surface area contributed by atoms with Gasteiger partial charge in [0.15, 0.2) is 0 Å². The van der Waals surface area contributed by atoms with Gasteiger partial charge in [-0.2, -0.15) is 0 Å². The molecule has 47 heavy (non-hydrogen) atoms. The van der Waals surface area contributed by atoms with Gasteiger partial charge < -0.3 is 48.5 Å². The zero-order valence-corrected chi connectivity index (χ0v) is 27.5. The van der Waals surface area contributed by atoms with E-state index >= 15 is 0 Å². The number of alkyl carbamates (subject to hydrolysis) is 1.